The Labute approximate surface area is 210 Å². The van der Waals surface area contributed by atoms with Crippen LogP contribution >= 0.6 is 11.8 Å². The first-order chi connectivity index (χ1) is 16.8. The molecule has 0 radical (unpaired) electrons. The Bertz CT molecular complexity index is 1150. The van der Waals surface area contributed by atoms with E-state index in [9.17, 15) is 14.9 Å². The molecule has 2 aromatic carbocycles. The van der Waals surface area contributed by atoms with Crippen LogP contribution in [0.3, 0.4) is 0 Å². The van der Waals surface area contributed by atoms with Gasteiger partial charge in [-0.3, -0.25) is 19.5 Å². The number of hydrogen-bond acceptors (Lipinski definition) is 6. The van der Waals surface area contributed by atoms with E-state index in [-0.39, 0.29) is 23.6 Å². The molecule has 0 saturated carbocycles. The molecule has 35 heavy (non-hydrogen) atoms. The number of unbranched alkanes of at least 4 members (excludes halogenated alkanes) is 1. The smallest absolute Gasteiger partial charge is 0.269 e. The molecule has 0 aliphatic rings. The fraction of sp³-hybridized carbons (Fsp3) is 0.423. The van der Waals surface area contributed by atoms with Gasteiger partial charge in [-0.2, -0.15) is 0 Å². The van der Waals surface area contributed by atoms with E-state index >= 15 is 0 Å². The number of nitro benzene ring substituents is 1. The maximum atomic E-state index is 12.9. The predicted octanol–water partition coefficient (Wildman–Crippen LogP) is 6.17. The van der Waals surface area contributed by atoms with Gasteiger partial charge in [0.05, 0.1) is 11.0 Å². The molecule has 0 bridgehead atoms. The molecule has 8 nitrogen and oxygen atoms in total. The molecular weight excluding hydrogens is 462 g/mol. The summed E-state index contributed by atoms with van der Waals surface area (Å²) in [6, 6.07) is 14.1. The van der Waals surface area contributed by atoms with Crippen molar-refractivity contribution in [2.75, 3.05) is 0 Å². The third kappa shape index (κ3) is 6.69. The summed E-state index contributed by atoms with van der Waals surface area (Å²) < 4.78 is 1.88. The van der Waals surface area contributed by atoms with Crippen LogP contribution in [0, 0.1) is 23.0 Å². The Balaban J connectivity index is 1.90. The average molecular weight is 496 g/mol. The minimum Gasteiger partial charge on any atom is -0.346 e. The maximum Gasteiger partial charge on any atom is 0.269 e. The largest absolute Gasteiger partial charge is 0.346 e. The van der Waals surface area contributed by atoms with Gasteiger partial charge in [0.25, 0.3) is 5.69 Å². The van der Waals surface area contributed by atoms with Crippen molar-refractivity contribution < 1.29 is 9.72 Å². The fourth-order valence-electron chi connectivity index (χ4n) is 3.90. The lowest BCUT2D eigenvalue weighted by molar-refractivity contribution is -0.384. The van der Waals surface area contributed by atoms with Crippen molar-refractivity contribution in [2.45, 2.75) is 70.3 Å². The van der Waals surface area contributed by atoms with Gasteiger partial charge in [-0.15, -0.1) is 10.2 Å². The molecule has 0 spiro atoms. The molecule has 3 aromatic rings. The van der Waals surface area contributed by atoms with Crippen LogP contribution in [0.4, 0.5) is 5.69 Å². The molecule has 2 unspecified atom stereocenters. The quantitative estimate of drug-likeness (QED) is 0.183. The highest BCUT2D eigenvalue weighted by atomic mass is 32.2. The van der Waals surface area contributed by atoms with Crippen LogP contribution in [0.2, 0.25) is 0 Å². The van der Waals surface area contributed by atoms with E-state index in [1.54, 1.807) is 23.9 Å². The van der Waals surface area contributed by atoms with Crippen molar-refractivity contribution in [1.29, 1.82) is 0 Å². The minimum atomic E-state index is -0.422. The van der Waals surface area contributed by atoms with Crippen LogP contribution in [0.15, 0.2) is 53.7 Å². The molecule has 0 fully saturated rings. The first kappa shape index (κ1) is 26.4. The first-order valence-electron chi connectivity index (χ1n) is 12.0. The minimum absolute atomic E-state index is 0.0144. The zero-order valence-corrected chi connectivity index (χ0v) is 21.5. The Morgan fingerprint density at radius 2 is 1.86 bits per heavy atom. The van der Waals surface area contributed by atoms with Gasteiger partial charge in [0.1, 0.15) is 0 Å². The summed E-state index contributed by atoms with van der Waals surface area (Å²) in [5, 5.41) is 23.8. The number of thioether (sulfide) groups is 1. The van der Waals surface area contributed by atoms with Crippen LogP contribution in [0.1, 0.15) is 69.4 Å². The number of non-ortho nitro benzene ring substituents is 1. The summed E-state index contributed by atoms with van der Waals surface area (Å²) >= 11 is 1.54. The van der Waals surface area contributed by atoms with Crippen LogP contribution in [0.5, 0.6) is 0 Å². The standard InChI is InChI=1S/C26H33N5O3S/c1-5-7-11-20(6-2)25(32)27-19(4)24-28-29-26(35-17-21-12-9-8-10-18(21)3)30(24)22-13-15-23(16-14-22)31(33)34/h8-10,12-16,19-20H,5-7,11,17H2,1-4H3,(H,27,32). The van der Waals surface area contributed by atoms with E-state index < -0.39 is 4.92 Å². The van der Waals surface area contributed by atoms with E-state index in [0.717, 1.165) is 25.7 Å². The number of carbonyl (C=O) groups is 1. The molecular formula is C26H33N5O3S. The topological polar surface area (TPSA) is 103 Å². The Kier molecular flexibility index (Phi) is 9.42. The molecule has 9 heteroatoms. The summed E-state index contributed by atoms with van der Waals surface area (Å²) in [5.41, 5.74) is 3.11. The second-order valence-corrected chi connectivity index (χ2v) is 9.59. The number of nitrogens with zero attached hydrogens (tertiary/aromatic N) is 4. The Morgan fingerprint density at radius 3 is 2.49 bits per heavy atom. The number of hydrogen-bond donors (Lipinski definition) is 1. The molecule has 1 heterocycles. The molecule has 0 saturated heterocycles. The number of nitrogens with one attached hydrogen (secondary N) is 1. The van der Waals surface area contributed by atoms with Gasteiger partial charge >= 0.3 is 0 Å². The van der Waals surface area contributed by atoms with E-state index in [1.807, 2.05) is 30.5 Å². The SMILES string of the molecule is CCCCC(CC)C(=O)NC(C)c1nnc(SCc2ccccc2C)n1-c1ccc([N+](=O)[O-])cc1. The van der Waals surface area contributed by atoms with Crippen LogP contribution < -0.4 is 5.32 Å². The summed E-state index contributed by atoms with van der Waals surface area (Å²) in [7, 11) is 0. The third-order valence-electron chi connectivity index (χ3n) is 6.11. The number of benzene rings is 2. The van der Waals surface area contributed by atoms with E-state index in [4.69, 9.17) is 0 Å². The molecule has 0 aliphatic carbocycles. The summed E-state index contributed by atoms with van der Waals surface area (Å²) in [6.45, 7) is 8.12. The third-order valence-corrected chi connectivity index (χ3v) is 7.09. The van der Waals surface area contributed by atoms with Crippen LogP contribution in [0.25, 0.3) is 5.69 Å². The number of carbonyl (C=O) groups excluding carboxylic acids is 1. The van der Waals surface area contributed by atoms with Crippen LogP contribution in [-0.2, 0) is 10.5 Å². The fourth-order valence-corrected chi connectivity index (χ4v) is 4.94. The summed E-state index contributed by atoms with van der Waals surface area (Å²) in [4.78, 5) is 23.7. The monoisotopic (exact) mass is 495 g/mol. The van der Waals surface area contributed by atoms with E-state index in [2.05, 4.69) is 41.5 Å². The molecule has 0 aliphatic heterocycles. The average Bonchev–Trinajstić information content (AvgIpc) is 3.28. The number of rotatable bonds is 12. The zero-order valence-electron chi connectivity index (χ0n) is 20.7. The van der Waals surface area contributed by atoms with Crippen molar-refractivity contribution in [3.63, 3.8) is 0 Å². The van der Waals surface area contributed by atoms with Gasteiger partial charge in [0.15, 0.2) is 11.0 Å². The highest BCUT2D eigenvalue weighted by Gasteiger charge is 2.24. The number of nitro groups is 1. The molecule has 2 atom stereocenters. The van der Waals surface area contributed by atoms with Gasteiger partial charge in [-0.1, -0.05) is 62.7 Å². The van der Waals surface area contributed by atoms with Crippen molar-refractivity contribution in [2.24, 2.45) is 5.92 Å². The normalized spacial score (nSPS) is 12.8. The second-order valence-electron chi connectivity index (χ2n) is 8.64. The first-order valence-corrected chi connectivity index (χ1v) is 13.0. The lowest BCUT2D eigenvalue weighted by Crippen LogP contribution is -2.33. The number of amides is 1. The van der Waals surface area contributed by atoms with Crippen molar-refractivity contribution >= 4 is 23.4 Å². The molecule has 3 rings (SSSR count). The maximum absolute atomic E-state index is 12.9. The van der Waals surface area contributed by atoms with Gasteiger partial charge in [0, 0.05) is 29.5 Å². The number of aryl methyl sites for hydroxylation is 1. The molecule has 1 amide bonds. The second kappa shape index (κ2) is 12.5. The van der Waals surface area contributed by atoms with E-state index in [0.29, 0.717) is 22.4 Å². The van der Waals surface area contributed by atoms with Crippen molar-refractivity contribution in [3.8, 4) is 5.69 Å². The van der Waals surface area contributed by atoms with Crippen molar-refractivity contribution in [1.82, 2.24) is 20.1 Å². The van der Waals surface area contributed by atoms with Crippen molar-refractivity contribution in [3.05, 3.63) is 75.6 Å². The zero-order chi connectivity index (χ0) is 25.4. The van der Waals surface area contributed by atoms with Crippen LogP contribution in [-0.4, -0.2) is 25.6 Å². The van der Waals surface area contributed by atoms with Gasteiger partial charge in [0.2, 0.25) is 5.91 Å². The highest BCUT2D eigenvalue weighted by Crippen LogP contribution is 2.29. The lowest BCUT2D eigenvalue weighted by Gasteiger charge is -2.20. The van der Waals surface area contributed by atoms with Gasteiger partial charge < -0.3 is 5.32 Å². The van der Waals surface area contributed by atoms with E-state index in [1.165, 1.54) is 23.3 Å². The lowest BCUT2D eigenvalue weighted by atomic mass is 9.98. The Hall–Kier alpha value is -3.20. The summed E-state index contributed by atoms with van der Waals surface area (Å²) in [5.74, 6) is 1.27. The van der Waals surface area contributed by atoms with Gasteiger partial charge in [-0.25, -0.2) is 0 Å². The highest BCUT2D eigenvalue weighted by molar-refractivity contribution is 7.98. The molecule has 1 aromatic heterocycles. The predicted molar refractivity (Wildman–Crippen MR) is 139 cm³/mol. The number of aromatic nitrogens is 3. The van der Waals surface area contributed by atoms with Gasteiger partial charge in [-0.05, 0) is 49.9 Å². The summed E-state index contributed by atoms with van der Waals surface area (Å²) in [6.07, 6.45) is 3.71. The molecule has 186 valence electrons. The molecule has 1 N–H and O–H groups in total. The Morgan fingerprint density at radius 1 is 1.14 bits per heavy atom.